The van der Waals surface area contributed by atoms with Gasteiger partial charge in [0.1, 0.15) is 5.75 Å². The molecule has 0 spiro atoms. The van der Waals surface area contributed by atoms with E-state index in [0.717, 1.165) is 5.75 Å². The zero-order valence-electron chi connectivity index (χ0n) is 11.7. The predicted molar refractivity (Wildman–Crippen MR) is 73.5 cm³/mol. The smallest absolute Gasteiger partial charge is 0.251 e. The van der Waals surface area contributed by atoms with Crippen molar-refractivity contribution in [3.63, 3.8) is 0 Å². The Bertz CT molecular complexity index is 435. The van der Waals surface area contributed by atoms with Gasteiger partial charge in [-0.25, -0.2) is 0 Å². The van der Waals surface area contributed by atoms with Crippen LogP contribution in [0.15, 0.2) is 24.3 Å². The summed E-state index contributed by atoms with van der Waals surface area (Å²) < 4.78 is 10.7. The molecule has 1 aliphatic heterocycles. The summed E-state index contributed by atoms with van der Waals surface area (Å²) in [6.07, 6.45) is 0.137. The first-order valence-corrected chi connectivity index (χ1v) is 6.61. The molecule has 1 fully saturated rings. The molecule has 1 aliphatic rings. The average Bonchev–Trinajstić information content (AvgIpc) is 2.34. The molecular weight excluding hydrogens is 242 g/mol. The summed E-state index contributed by atoms with van der Waals surface area (Å²) in [5, 5.41) is 2.94. The van der Waals surface area contributed by atoms with Gasteiger partial charge in [-0.05, 0) is 38.1 Å². The molecule has 1 amide bonds. The van der Waals surface area contributed by atoms with Gasteiger partial charge < -0.3 is 14.8 Å². The van der Waals surface area contributed by atoms with E-state index < -0.39 is 0 Å². The minimum Gasteiger partial charge on any atom is -0.491 e. The number of carbonyl (C=O) groups is 1. The van der Waals surface area contributed by atoms with Gasteiger partial charge in [0.2, 0.25) is 0 Å². The van der Waals surface area contributed by atoms with Crippen LogP contribution in [0.3, 0.4) is 0 Å². The second-order valence-electron chi connectivity index (χ2n) is 5.68. The predicted octanol–water partition coefficient (Wildman–Crippen LogP) is 2.24. The minimum atomic E-state index is -0.0516. The highest BCUT2D eigenvalue weighted by atomic mass is 16.5. The van der Waals surface area contributed by atoms with Crippen molar-refractivity contribution in [1.82, 2.24) is 5.32 Å². The molecule has 1 aromatic carbocycles. The standard InChI is InChI=1S/C15H21NO3/c1-11(2)19-13-6-4-12(5-7-13)14(17)16-8-15(3)9-18-10-15/h4-7,11H,8-10H2,1-3H3,(H,16,17). The fourth-order valence-electron chi connectivity index (χ4n) is 1.91. The highest BCUT2D eigenvalue weighted by Crippen LogP contribution is 2.25. The topological polar surface area (TPSA) is 47.6 Å². The first kappa shape index (κ1) is 13.9. The second-order valence-corrected chi connectivity index (χ2v) is 5.68. The lowest BCUT2D eigenvalue weighted by Gasteiger charge is -2.38. The first-order chi connectivity index (χ1) is 8.98. The maximum atomic E-state index is 12.0. The first-order valence-electron chi connectivity index (χ1n) is 6.61. The summed E-state index contributed by atoms with van der Waals surface area (Å²) in [5.74, 6) is 0.732. The molecule has 1 N–H and O–H groups in total. The zero-order chi connectivity index (χ0) is 13.9. The molecule has 0 aromatic heterocycles. The third kappa shape index (κ3) is 3.70. The van der Waals surface area contributed by atoms with Crippen molar-refractivity contribution in [2.24, 2.45) is 5.41 Å². The summed E-state index contributed by atoms with van der Waals surface area (Å²) in [4.78, 5) is 12.0. The van der Waals surface area contributed by atoms with E-state index >= 15 is 0 Å². The van der Waals surface area contributed by atoms with E-state index in [9.17, 15) is 4.79 Å². The van der Waals surface area contributed by atoms with Gasteiger partial charge in [0.25, 0.3) is 5.91 Å². The normalized spacial score (nSPS) is 16.8. The van der Waals surface area contributed by atoms with E-state index in [4.69, 9.17) is 9.47 Å². The van der Waals surface area contributed by atoms with Gasteiger partial charge in [-0.15, -0.1) is 0 Å². The van der Waals surface area contributed by atoms with Crippen LogP contribution in [-0.2, 0) is 4.74 Å². The van der Waals surface area contributed by atoms with E-state index in [1.54, 1.807) is 12.1 Å². The van der Waals surface area contributed by atoms with E-state index in [2.05, 4.69) is 12.2 Å². The molecule has 0 radical (unpaired) electrons. The molecule has 1 heterocycles. The van der Waals surface area contributed by atoms with E-state index in [1.807, 2.05) is 26.0 Å². The lowest BCUT2D eigenvalue weighted by molar-refractivity contribution is -0.0978. The van der Waals surface area contributed by atoms with Gasteiger partial charge in [-0.3, -0.25) is 4.79 Å². The lowest BCUT2D eigenvalue weighted by atomic mass is 9.88. The van der Waals surface area contributed by atoms with Crippen LogP contribution in [0.1, 0.15) is 31.1 Å². The fourth-order valence-corrected chi connectivity index (χ4v) is 1.91. The van der Waals surface area contributed by atoms with Crippen molar-refractivity contribution >= 4 is 5.91 Å². The number of ether oxygens (including phenoxy) is 2. The van der Waals surface area contributed by atoms with Gasteiger partial charge in [0.15, 0.2) is 0 Å². The molecule has 19 heavy (non-hydrogen) atoms. The van der Waals surface area contributed by atoms with Crippen molar-refractivity contribution in [3.8, 4) is 5.75 Å². The largest absolute Gasteiger partial charge is 0.491 e. The summed E-state index contributed by atoms with van der Waals surface area (Å²) in [7, 11) is 0. The quantitative estimate of drug-likeness (QED) is 0.886. The maximum absolute atomic E-state index is 12.0. The van der Waals surface area contributed by atoms with Gasteiger partial charge in [0.05, 0.1) is 19.3 Å². The summed E-state index contributed by atoms with van der Waals surface area (Å²) in [5.41, 5.74) is 0.746. The van der Waals surface area contributed by atoms with E-state index in [1.165, 1.54) is 0 Å². The van der Waals surface area contributed by atoms with Gasteiger partial charge in [0, 0.05) is 17.5 Å². The molecule has 0 aliphatic carbocycles. The van der Waals surface area contributed by atoms with E-state index in [0.29, 0.717) is 25.3 Å². The summed E-state index contributed by atoms with van der Waals surface area (Å²) in [6.45, 7) is 8.14. The Balaban J connectivity index is 1.88. The number of rotatable bonds is 5. The van der Waals surface area contributed by atoms with Crippen LogP contribution < -0.4 is 10.1 Å². The number of hydrogen-bond donors (Lipinski definition) is 1. The van der Waals surface area contributed by atoms with Gasteiger partial charge in [-0.2, -0.15) is 0 Å². The molecular formula is C15H21NO3. The van der Waals surface area contributed by atoms with E-state index in [-0.39, 0.29) is 17.4 Å². The minimum absolute atomic E-state index is 0.0516. The third-order valence-corrected chi connectivity index (χ3v) is 3.07. The van der Waals surface area contributed by atoms with Crippen molar-refractivity contribution in [2.75, 3.05) is 19.8 Å². The Labute approximate surface area is 114 Å². The Hall–Kier alpha value is -1.55. The Kier molecular flexibility index (Phi) is 4.10. The van der Waals surface area contributed by atoms with Crippen LogP contribution in [-0.4, -0.2) is 31.8 Å². The summed E-state index contributed by atoms with van der Waals surface area (Å²) >= 11 is 0. The molecule has 2 rings (SSSR count). The maximum Gasteiger partial charge on any atom is 0.251 e. The summed E-state index contributed by atoms with van der Waals surface area (Å²) in [6, 6.07) is 7.21. The number of nitrogens with one attached hydrogen (secondary N) is 1. The molecule has 4 heteroatoms. The van der Waals surface area contributed by atoms with Crippen molar-refractivity contribution < 1.29 is 14.3 Å². The fraction of sp³-hybridized carbons (Fsp3) is 0.533. The number of benzene rings is 1. The molecule has 0 unspecified atom stereocenters. The SMILES string of the molecule is CC(C)Oc1ccc(C(=O)NCC2(C)COC2)cc1. The van der Waals surface area contributed by atoms with Crippen molar-refractivity contribution in [1.29, 1.82) is 0 Å². The van der Waals surface area contributed by atoms with Crippen LogP contribution >= 0.6 is 0 Å². The second kappa shape index (κ2) is 5.61. The molecule has 104 valence electrons. The zero-order valence-corrected chi connectivity index (χ0v) is 11.7. The number of carbonyl (C=O) groups excluding carboxylic acids is 1. The number of hydrogen-bond acceptors (Lipinski definition) is 3. The van der Waals surface area contributed by atoms with Crippen LogP contribution in [0.25, 0.3) is 0 Å². The van der Waals surface area contributed by atoms with Crippen molar-refractivity contribution in [2.45, 2.75) is 26.9 Å². The lowest BCUT2D eigenvalue weighted by Crippen LogP contribution is -2.48. The number of amides is 1. The van der Waals surface area contributed by atoms with Crippen LogP contribution in [0, 0.1) is 5.41 Å². The molecule has 0 atom stereocenters. The highest BCUT2D eigenvalue weighted by Gasteiger charge is 2.33. The Morgan fingerprint density at radius 2 is 2.00 bits per heavy atom. The molecule has 0 bridgehead atoms. The Morgan fingerprint density at radius 3 is 2.47 bits per heavy atom. The van der Waals surface area contributed by atoms with Crippen LogP contribution in [0.4, 0.5) is 0 Å². The third-order valence-electron chi connectivity index (χ3n) is 3.07. The average molecular weight is 263 g/mol. The molecule has 1 saturated heterocycles. The highest BCUT2D eigenvalue weighted by molar-refractivity contribution is 5.94. The van der Waals surface area contributed by atoms with Gasteiger partial charge >= 0.3 is 0 Å². The molecule has 0 saturated carbocycles. The monoisotopic (exact) mass is 263 g/mol. The van der Waals surface area contributed by atoms with Crippen LogP contribution in [0.2, 0.25) is 0 Å². The molecule has 4 nitrogen and oxygen atoms in total. The van der Waals surface area contributed by atoms with Gasteiger partial charge in [-0.1, -0.05) is 6.92 Å². The van der Waals surface area contributed by atoms with Crippen molar-refractivity contribution in [3.05, 3.63) is 29.8 Å². The van der Waals surface area contributed by atoms with Crippen LogP contribution in [0.5, 0.6) is 5.75 Å². The molecule has 1 aromatic rings. The Morgan fingerprint density at radius 1 is 1.37 bits per heavy atom.